The Labute approximate surface area is 135 Å². The molecular formula is C19H27ClSi. The van der Waals surface area contributed by atoms with Crippen LogP contribution in [0.4, 0.5) is 0 Å². The van der Waals surface area contributed by atoms with E-state index in [1.165, 1.54) is 23.1 Å². The monoisotopic (exact) mass is 318 g/mol. The zero-order valence-corrected chi connectivity index (χ0v) is 16.2. The topological polar surface area (TPSA) is 0 Å². The van der Waals surface area contributed by atoms with Gasteiger partial charge in [-0.15, -0.1) is 0 Å². The summed E-state index contributed by atoms with van der Waals surface area (Å²) >= 11 is 6.84. The third-order valence-electron chi connectivity index (χ3n) is 5.40. The summed E-state index contributed by atoms with van der Waals surface area (Å²) in [5.74, 6) is 0. The molecule has 0 fully saturated rings. The molecular weight excluding hydrogens is 292 g/mol. The molecule has 0 bridgehead atoms. The Morgan fingerprint density at radius 2 is 1.57 bits per heavy atom. The number of rotatable bonds is 1. The molecule has 0 aliphatic heterocycles. The number of halogens is 1. The first-order valence-corrected chi connectivity index (χ1v) is 12.1. The summed E-state index contributed by atoms with van der Waals surface area (Å²) in [5, 5.41) is 0. The van der Waals surface area contributed by atoms with Crippen LogP contribution in [0.1, 0.15) is 68.8 Å². The number of hydrogen-bond acceptors (Lipinski definition) is 0. The maximum atomic E-state index is 6.84. The molecule has 2 aliphatic carbocycles. The minimum Gasteiger partial charge on any atom is -0.167 e. The molecule has 1 aromatic carbocycles. The summed E-state index contributed by atoms with van der Waals surface area (Å²) in [6.45, 7) is 16.3. The van der Waals surface area contributed by atoms with Crippen LogP contribution in [0.15, 0.2) is 17.7 Å². The Bertz CT molecular complexity index is 644. The van der Waals surface area contributed by atoms with Crippen molar-refractivity contribution < 1.29 is 0 Å². The fourth-order valence-electron chi connectivity index (χ4n) is 4.91. The van der Waals surface area contributed by atoms with Crippen molar-refractivity contribution in [3.63, 3.8) is 0 Å². The summed E-state index contributed by atoms with van der Waals surface area (Å²) < 4.78 is 0. The lowest BCUT2D eigenvalue weighted by Crippen LogP contribution is -2.28. The van der Waals surface area contributed by atoms with Crippen molar-refractivity contribution in [3.05, 3.63) is 40.0 Å². The van der Waals surface area contributed by atoms with Crippen molar-refractivity contribution in [3.8, 4) is 0 Å². The van der Waals surface area contributed by atoms with Gasteiger partial charge < -0.3 is 0 Å². The molecule has 21 heavy (non-hydrogen) atoms. The van der Waals surface area contributed by atoms with Crippen LogP contribution in [0, 0.1) is 0 Å². The van der Waals surface area contributed by atoms with Crippen LogP contribution in [0.25, 0.3) is 6.08 Å². The van der Waals surface area contributed by atoms with E-state index in [-0.39, 0.29) is 10.8 Å². The van der Waals surface area contributed by atoms with Crippen LogP contribution in [0.2, 0.25) is 13.1 Å². The third-order valence-corrected chi connectivity index (χ3v) is 8.20. The van der Waals surface area contributed by atoms with Gasteiger partial charge in [-0.3, -0.25) is 0 Å². The molecule has 2 aliphatic rings. The molecule has 3 rings (SSSR count). The van der Waals surface area contributed by atoms with Gasteiger partial charge in [0.15, 0.2) is 7.38 Å². The number of benzene rings is 1. The van der Waals surface area contributed by atoms with E-state index in [9.17, 15) is 0 Å². The Kier molecular flexibility index (Phi) is 3.12. The maximum absolute atomic E-state index is 6.84. The van der Waals surface area contributed by atoms with Crippen LogP contribution in [0.3, 0.4) is 0 Å². The molecule has 0 saturated heterocycles. The second-order valence-electron chi connectivity index (χ2n) is 8.86. The minimum absolute atomic E-state index is 0.271. The second-order valence-corrected chi connectivity index (χ2v) is 15.5. The van der Waals surface area contributed by atoms with Gasteiger partial charge in [-0.25, -0.2) is 0 Å². The summed E-state index contributed by atoms with van der Waals surface area (Å²) in [7, 11) is -1.75. The first kappa shape index (κ1) is 15.4. The minimum atomic E-state index is -1.75. The van der Waals surface area contributed by atoms with Gasteiger partial charge in [-0.2, -0.15) is 11.1 Å². The average molecular weight is 319 g/mol. The molecule has 0 nitrogen and oxygen atoms in total. The molecule has 2 heteroatoms. The number of fused-ring (bicyclic) bond motifs is 2. The van der Waals surface area contributed by atoms with E-state index in [1.807, 2.05) is 0 Å². The fraction of sp³-hybridized carbons (Fsp3) is 0.579. The second kappa shape index (κ2) is 4.26. The lowest BCUT2D eigenvalue weighted by atomic mass is 9.82. The Morgan fingerprint density at radius 3 is 2.10 bits per heavy atom. The van der Waals surface area contributed by atoms with Crippen molar-refractivity contribution in [2.75, 3.05) is 0 Å². The molecule has 1 aromatic rings. The summed E-state index contributed by atoms with van der Waals surface area (Å²) in [6.07, 6.45) is 3.60. The van der Waals surface area contributed by atoms with Crippen LogP contribution in [-0.2, 0) is 10.8 Å². The quantitative estimate of drug-likeness (QED) is 0.431. The zero-order valence-electron chi connectivity index (χ0n) is 14.4. The molecule has 114 valence electrons. The van der Waals surface area contributed by atoms with E-state index in [2.05, 4.69) is 65.9 Å². The fourth-order valence-corrected chi connectivity index (χ4v) is 7.93. The molecule has 0 spiro atoms. The van der Waals surface area contributed by atoms with Crippen LogP contribution < -0.4 is 0 Å². The smallest absolute Gasteiger partial charge is 0.161 e. The number of hydrogen-bond donors (Lipinski definition) is 0. The predicted octanol–water partition coefficient (Wildman–Crippen LogP) is 6.13. The highest BCUT2D eigenvalue weighted by Crippen LogP contribution is 2.53. The molecule has 0 heterocycles. The Hall–Kier alpha value is -0.533. The standard InChI is InChI=1S/C19H27ClSi/c1-12-8-13-9-15-16(19(4,5)11-18(15,2)3)10-14(13)17(12)21(6,7)20/h8-10,17H,11H2,1-7H3. The molecule has 1 atom stereocenters. The lowest BCUT2D eigenvalue weighted by Gasteiger charge is -2.27. The van der Waals surface area contributed by atoms with E-state index < -0.39 is 7.38 Å². The summed E-state index contributed by atoms with van der Waals surface area (Å²) in [6, 6.07) is 4.95. The van der Waals surface area contributed by atoms with Gasteiger partial charge in [0.1, 0.15) is 0 Å². The molecule has 0 amide bonds. The molecule has 0 radical (unpaired) electrons. The van der Waals surface area contributed by atoms with Gasteiger partial charge in [0.2, 0.25) is 0 Å². The van der Waals surface area contributed by atoms with E-state index in [0.717, 1.165) is 0 Å². The lowest BCUT2D eigenvalue weighted by molar-refractivity contribution is 0.403. The highest BCUT2D eigenvalue weighted by molar-refractivity contribution is 7.20. The van der Waals surface area contributed by atoms with Crippen molar-refractivity contribution in [1.82, 2.24) is 0 Å². The van der Waals surface area contributed by atoms with E-state index in [0.29, 0.717) is 5.54 Å². The third kappa shape index (κ3) is 2.24. The largest absolute Gasteiger partial charge is 0.167 e. The highest BCUT2D eigenvalue weighted by Gasteiger charge is 2.44. The van der Waals surface area contributed by atoms with Gasteiger partial charge in [0.25, 0.3) is 0 Å². The van der Waals surface area contributed by atoms with Crippen molar-refractivity contribution >= 4 is 24.5 Å². The zero-order chi connectivity index (χ0) is 15.8. The van der Waals surface area contributed by atoms with E-state index >= 15 is 0 Å². The summed E-state index contributed by atoms with van der Waals surface area (Å²) in [5.41, 5.74) is 8.48. The van der Waals surface area contributed by atoms with Gasteiger partial charge in [0.05, 0.1) is 0 Å². The van der Waals surface area contributed by atoms with Crippen LogP contribution in [-0.4, -0.2) is 7.38 Å². The summed E-state index contributed by atoms with van der Waals surface area (Å²) in [4.78, 5) is 0. The normalized spacial score (nSPS) is 25.5. The molecule has 0 saturated carbocycles. The Balaban J connectivity index is 2.23. The Morgan fingerprint density at radius 1 is 1.05 bits per heavy atom. The van der Waals surface area contributed by atoms with Crippen LogP contribution in [0.5, 0.6) is 0 Å². The molecule has 0 N–H and O–H groups in total. The van der Waals surface area contributed by atoms with Crippen LogP contribution >= 0.6 is 11.1 Å². The SMILES string of the molecule is CC1=Cc2cc3c(cc2C1[Si](C)(C)Cl)C(C)(C)CC3(C)C. The molecule has 0 aromatic heterocycles. The van der Waals surface area contributed by atoms with Gasteiger partial charge in [0, 0.05) is 5.54 Å². The van der Waals surface area contributed by atoms with E-state index in [1.54, 1.807) is 11.1 Å². The van der Waals surface area contributed by atoms with Gasteiger partial charge in [-0.05, 0) is 46.4 Å². The van der Waals surface area contributed by atoms with Gasteiger partial charge >= 0.3 is 0 Å². The predicted molar refractivity (Wildman–Crippen MR) is 96.8 cm³/mol. The highest BCUT2D eigenvalue weighted by atomic mass is 35.6. The van der Waals surface area contributed by atoms with E-state index in [4.69, 9.17) is 11.1 Å². The maximum Gasteiger partial charge on any atom is 0.161 e. The van der Waals surface area contributed by atoms with Crippen molar-refractivity contribution in [2.45, 2.75) is 70.5 Å². The molecule has 1 unspecified atom stereocenters. The van der Waals surface area contributed by atoms with Crippen molar-refractivity contribution in [1.29, 1.82) is 0 Å². The van der Waals surface area contributed by atoms with Crippen molar-refractivity contribution in [2.24, 2.45) is 0 Å². The first-order valence-electron chi connectivity index (χ1n) is 7.99. The number of allylic oxidation sites excluding steroid dienone is 1. The average Bonchev–Trinajstić information content (AvgIpc) is 2.67. The van der Waals surface area contributed by atoms with Gasteiger partial charge in [-0.1, -0.05) is 64.6 Å². The first-order chi connectivity index (χ1) is 9.43.